The molecule has 1 aromatic rings. The van der Waals surface area contributed by atoms with E-state index in [-0.39, 0.29) is 6.10 Å². The van der Waals surface area contributed by atoms with E-state index in [0.29, 0.717) is 0 Å². The second-order valence-electron chi connectivity index (χ2n) is 3.23. The SMILES string of the molecule is Nc1ccc(C2CNCCO2)cc1. The zero-order valence-electron chi connectivity index (χ0n) is 7.49. The molecule has 13 heavy (non-hydrogen) atoms. The largest absolute Gasteiger partial charge is 0.399 e. The van der Waals surface area contributed by atoms with Gasteiger partial charge in [-0.25, -0.2) is 0 Å². The topological polar surface area (TPSA) is 47.3 Å². The molecular formula is C10H14N2O. The van der Waals surface area contributed by atoms with Crippen molar-refractivity contribution in [1.29, 1.82) is 0 Å². The van der Waals surface area contributed by atoms with Crippen LogP contribution in [0.5, 0.6) is 0 Å². The highest BCUT2D eigenvalue weighted by molar-refractivity contribution is 5.39. The quantitative estimate of drug-likeness (QED) is 0.629. The van der Waals surface area contributed by atoms with Crippen molar-refractivity contribution in [2.75, 3.05) is 25.4 Å². The molecule has 0 aromatic heterocycles. The lowest BCUT2D eigenvalue weighted by Gasteiger charge is -2.23. The van der Waals surface area contributed by atoms with E-state index in [1.165, 1.54) is 5.56 Å². The number of hydrogen-bond donors (Lipinski definition) is 2. The van der Waals surface area contributed by atoms with Gasteiger partial charge >= 0.3 is 0 Å². The summed E-state index contributed by atoms with van der Waals surface area (Å²) in [5, 5.41) is 3.29. The first-order chi connectivity index (χ1) is 6.36. The summed E-state index contributed by atoms with van der Waals surface area (Å²) < 4.78 is 5.60. The van der Waals surface area contributed by atoms with Gasteiger partial charge in [0.1, 0.15) is 0 Å². The highest BCUT2D eigenvalue weighted by Gasteiger charge is 2.14. The van der Waals surface area contributed by atoms with Crippen LogP contribution < -0.4 is 11.1 Å². The van der Waals surface area contributed by atoms with E-state index in [1.807, 2.05) is 24.3 Å². The molecule has 0 aliphatic carbocycles. The molecule has 0 saturated carbocycles. The lowest BCUT2D eigenvalue weighted by molar-refractivity contribution is 0.0277. The molecule has 0 radical (unpaired) electrons. The number of nitrogen functional groups attached to an aromatic ring is 1. The summed E-state index contributed by atoms with van der Waals surface area (Å²) in [6.07, 6.45) is 0.189. The average Bonchev–Trinajstić information content (AvgIpc) is 2.20. The van der Waals surface area contributed by atoms with E-state index in [0.717, 1.165) is 25.4 Å². The molecule has 70 valence electrons. The summed E-state index contributed by atoms with van der Waals surface area (Å²) in [7, 11) is 0. The molecule has 0 bridgehead atoms. The molecule has 1 aliphatic rings. The van der Waals surface area contributed by atoms with Crippen molar-refractivity contribution < 1.29 is 4.74 Å². The zero-order chi connectivity index (χ0) is 9.10. The Hall–Kier alpha value is -1.06. The first-order valence-corrected chi connectivity index (χ1v) is 4.54. The molecule has 3 nitrogen and oxygen atoms in total. The predicted octanol–water partition coefficient (Wildman–Crippen LogP) is 0.930. The number of ether oxygens (including phenoxy) is 1. The Balaban J connectivity index is 2.10. The fourth-order valence-corrected chi connectivity index (χ4v) is 1.49. The smallest absolute Gasteiger partial charge is 0.0949 e. The van der Waals surface area contributed by atoms with Gasteiger partial charge in [0.2, 0.25) is 0 Å². The van der Waals surface area contributed by atoms with Crippen LogP contribution in [0.1, 0.15) is 11.7 Å². The predicted molar refractivity (Wildman–Crippen MR) is 52.4 cm³/mol. The van der Waals surface area contributed by atoms with Crippen molar-refractivity contribution in [2.45, 2.75) is 6.10 Å². The van der Waals surface area contributed by atoms with Crippen LogP contribution >= 0.6 is 0 Å². The van der Waals surface area contributed by atoms with Gasteiger partial charge in [-0.3, -0.25) is 0 Å². The van der Waals surface area contributed by atoms with Crippen molar-refractivity contribution in [2.24, 2.45) is 0 Å². The maximum absolute atomic E-state index is 5.60. The van der Waals surface area contributed by atoms with E-state index >= 15 is 0 Å². The van der Waals surface area contributed by atoms with E-state index in [2.05, 4.69) is 5.32 Å². The van der Waals surface area contributed by atoms with Crippen LogP contribution in [0.4, 0.5) is 5.69 Å². The fourth-order valence-electron chi connectivity index (χ4n) is 1.49. The lowest BCUT2D eigenvalue weighted by Crippen LogP contribution is -2.33. The Morgan fingerprint density at radius 1 is 1.31 bits per heavy atom. The Morgan fingerprint density at radius 2 is 2.08 bits per heavy atom. The van der Waals surface area contributed by atoms with Gasteiger partial charge in [-0.15, -0.1) is 0 Å². The number of anilines is 1. The minimum Gasteiger partial charge on any atom is -0.399 e. The van der Waals surface area contributed by atoms with E-state index in [4.69, 9.17) is 10.5 Å². The Labute approximate surface area is 77.9 Å². The minimum atomic E-state index is 0.189. The maximum atomic E-state index is 5.60. The second-order valence-corrected chi connectivity index (χ2v) is 3.23. The molecule has 1 aromatic carbocycles. The average molecular weight is 178 g/mol. The molecule has 1 heterocycles. The van der Waals surface area contributed by atoms with Gasteiger partial charge in [0.05, 0.1) is 12.7 Å². The third-order valence-corrected chi connectivity index (χ3v) is 2.24. The van der Waals surface area contributed by atoms with Gasteiger partial charge in [-0.1, -0.05) is 12.1 Å². The summed E-state index contributed by atoms with van der Waals surface area (Å²) >= 11 is 0. The lowest BCUT2D eigenvalue weighted by atomic mass is 10.1. The summed E-state index contributed by atoms with van der Waals surface area (Å²) in [5.41, 5.74) is 7.59. The fraction of sp³-hybridized carbons (Fsp3) is 0.400. The standard InChI is InChI=1S/C10H14N2O/c11-9-3-1-8(2-4-9)10-7-12-5-6-13-10/h1-4,10,12H,5-7,11H2. The maximum Gasteiger partial charge on any atom is 0.0949 e. The highest BCUT2D eigenvalue weighted by Crippen LogP contribution is 2.19. The molecule has 1 saturated heterocycles. The molecule has 3 heteroatoms. The number of hydrogen-bond acceptors (Lipinski definition) is 3. The van der Waals surface area contributed by atoms with Crippen LogP contribution in [0, 0.1) is 0 Å². The zero-order valence-corrected chi connectivity index (χ0v) is 7.49. The Morgan fingerprint density at radius 3 is 2.69 bits per heavy atom. The van der Waals surface area contributed by atoms with Crippen molar-refractivity contribution in [1.82, 2.24) is 5.32 Å². The normalized spacial score (nSPS) is 22.9. The molecule has 1 aliphatic heterocycles. The molecule has 1 unspecified atom stereocenters. The van der Waals surface area contributed by atoms with E-state index in [9.17, 15) is 0 Å². The van der Waals surface area contributed by atoms with Crippen LogP contribution in [0.2, 0.25) is 0 Å². The molecule has 1 atom stereocenters. The van der Waals surface area contributed by atoms with Gasteiger partial charge in [0.15, 0.2) is 0 Å². The summed E-state index contributed by atoms with van der Waals surface area (Å²) in [6.45, 7) is 2.63. The van der Waals surface area contributed by atoms with E-state index < -0.39 is 0 Å². The van der Waals surface area contributed by atoms with Crippen LogP contribution in [-0.2, 0) is 4.74 Å². The second kappa shape index (κ2) is 3.77. The molecule has 3 N–H and O–H groups in total. The Bertz CT molecular complexity index is 265. The monoisotopic (exact) mass is 178 g/mol. The van der Waals surface area contributed by atoms with Crippen molar-refractivity contribution in [3.05, 3.63) is 29.8 Å². The summed E-state index contributed by atoms with van der Waals surface area (Å²) in [6, 6.07) is 7.86. The van der Waals surface area contributed by atoms with Crippen molar-refractivity contribution >= 4 is 5.69 Å². The minimum absolute atomic E-state index is 0.189. The first-order valence-electron chi connectivity index (χ1n) is 4.54. The number of benzene rings is 1. The highest BCUT2D eigenvalue weighted by atomic mass is 16.5. The van der Waals surface area contributed by atoms with Crippen molar-refractivity contribution in [3.63, 3.8) is 0 Å². The third kappa shape index (κ3) is 1.99. The van der Waals surface area contributed by atoms with Crippen LogP contribution in [0.3, 0.4) is 0 Å². The Kier molecular flexibility index (Phi) is 2.47. The number of rotatable bonds is 1. The molecule has 0 amide bonds. The molecule has 2 rings (SSSR count). The van der Waals surface area contributed by atoms with E-state index in [1.54, 1.807) is 0 Å². The summed E-state index contributed by atoms with van der Waals surface area (Å²) in [5.74, 6) is 0. The van der Waals surface area contributed by atoms with Gasteiger partial charge in [0, 0.05) is 18.8 Å². The first kappa shape index (κ1) is 8.53. The molecule has 1 fully saturated rings. The van der Waals surface area contributed by atoms with Gasteiger partial charge in [-0.05, 0) is 17.7 Å². The van der Waals surface area contributed by atoms with Crippen molar-refractivity contribution in [3.8, 4) is 0 Å². The number of nitrogens with two attached hydrogens (primary N) is 1. The van der Waals surface area contributed by atoms with Crippen LogP contribution in [-0.4, -0.2) is 19.7 Å². The molecular weight excluding hydrogens is 164 g/mol. The van der Waals surface area contributed by atoms with Crippen LogP contribution in [0.25, 0.3) is 0 Å². The molecule has 0 spiro atoms. The third-order valence-electron chi connectivity index (χ3n) is 2.24. The summed E-state index contributed by atoms with van der Waals surface area (Å²) in [4.78, 5) is 0. The van der Waals surface area contributed by atoms with Gasteiger partial charge in [-0.2, -0.15) is 0 Å². The van der Waals surface area contributed by atoms with Gasteiger partial charge < -0.3 is 15.8 Å². The number of nitrogens with one attached hydrogen (secondary N) is 1. The van der Waals surface area contributed by atoms with Crippen LogP contribution in [0.15, 0.2) is 24.3 Å². The number of morpholine rings is 1. The van der Waals surface area contributed by atoms with Gasteiger partial charge in [0.25, 0.3) is 0 Å².